The lowest BCUT2D eigenvalue weighted by molar-refractivity contribution is -0.124. The molecule has 1 atom stereocenters. The first-order chi connectivity index (χ1) is 16.1. The van der Waals surface area contributed by atoms with Crippen LogP contribution in [0, 0.1) is 0 Å². The lowest BCUT2D eigenvalue weighted by Crippen LogP contribution is -2.40. The number of carbonyl (C=O) groups is 2. The molecule has 0 aromatic heterocycles. The number of fused-ring (bicyclic) bond motifs is 3. The van der Waals surface area contributed by atoms with E-state index in [1.807, 2.05) is 72.8 Å². The van der Waals surface area contributed by atoms with E-state index in [0.29, 0.717) is 22.6 Å². The summed E-state index contributed by atoms with van der Waals surface area (Å²) in [6.45, 7) is 0.333. The largest absolute Gasteiger partial charge is 0.351 e. The predicted molar refractivity (Wildman–Crippen MR) is 132 cm³/mol. The van der Waals surface area contributed by atoms with E-state index in [9.17, 15) is 9.59 Å². The van der Waals surface area contributed by atoms with Crippen molar-refractivity contribution in [1.82, 2.24) is 10.2 Å². The number of benzene rings is 3. The average molecular weight is 475 g/mol. The van der Waals surface area contributed by atoms with E-state index in [2.05, 4.69) is 10.3 Å². The number of halogens is 1. The average Bonchev–Trinajstić information content (AvgIpc) is 3.20. The van der Waals surface area contributed by atoms with E-state index in [0.717, 1.165) is 22.4 Å². The molecular weight excluding hydrogens is 456 g/mol. The van der Waals surface area contributed by atoms with Gasteiger partial charge in [-0.3, -0.25) is 9.59 Å². The van der Waals surface area contributed by atoms with Gasteiger partial charge in [-0.2, -0.15) is 0 Å². The molecule has 2 amide bonds. The molecule has 1 N–H and O–H groups in total. The van der Waals surface area contributed by atoms with Crippen LogP contribution in [0.3, 0.4) is 0 Å². The number of nitrogens with one attached hydrogen (secondary N) is 1. The summed E-state index contributed by atoms with van der Waals surface area (Å²) in [5.41, 5.74) is 3.20. The van der Waals surface area contributed by atoms with Crippen LogP contribution in [0.5, 0.6) is 0 Å². The summed E-state index contributed by atoms with van der Waals surface area (Å²) in [5, 5.41) is 3.92. The molecule has 3 aromatic carbocycles. The van der Waals surface area contributed by atoms with Crippen molar-refractivity contribution in [2.45, 2.75) is 12.6 Å². The van der Waals surface area contributed by atoms with Crippen LogP contribution in [-0.2, 0) is 16.1 Å². The summed E-state index contributed by atoms with van der Waals surface area (Å²) in [6.07, 6.45) is 0. The number of hydrogen-bond donors (Lipinski definition) is 1. The molecule has 164 valence electrons. The maximum atomic E-state index is 13.4. The summed E-state index contributed by atoms with van der Waals surface area (Å²) in [6, 6.07) is 23.8. The van der Waals surface area contributed by atoms with Crippen molar-refractivity contribution in [3.05, 3.63) is 101 Å². The third-order valence-corrected chi connectivity index (χ3v) is 6.66. The third kappa shape index (κ3) is 4.29. The zero-order valence-corrected chi connectivity index (χ0v) is 19.0. The Morgan fingerprint density at radius 3 is 2.55 bits per heavy atom. The Kier molecular flexibility index (Phi) is 5.98. The molecule has 0 bridgehead atoms. The van der Waals surface area contributed by atoms with Crippen LogP contribution in [0.25, 0.3) is 0 Å². The van der Waals surface area contributed by atoms with Gasteiger partial charge in [0.1, 0.15) is 5.84 Å². The van der Waals surface area contributed by atoms with Crippen molar-refractivity contribution in [2.75, 3.05) is 5.75 Å². The SMILES string of the molecule is O=C(CSC1=Nc2ccccc2C2=N[C@@H](c3ccccc3)C(=O)N12)NCc1ccccc1Cl. The second-order valence-corrected chi connectivity index (χ2v) is 8.86. The van der Waals surface area contributed by atoms with E-state index < -0.39 is 6.04 Å². The first-order valence-electron chi connectivity index (χ1n) is 10.4. The number of aliphatic imine (C=N–C) groups is 2. The first-order valence-corrected chi connectivity index (χ1v) is 11.8. The van der Waals surface area contributed by atoms with Gasteiger partial charge >= 0.3 is 0 Å². The van der Waals surface area contributed by atoms with Crippen LogP contribution >= 0.6 is 23.4 Å². The molecule has 2 aliphatic heterocycles. The molecule has 2 aliphatic rings. The Bertz CT molecular complexity index is 1290. The van der Waals surface area contributed by atoms with Crippen molar-refractivity contribution in [2.24, 2.45) is 9.98 Å². The zero-order chi connectivity index (χ0) is 22.8. The lowest BCUT2D eigenvalue weighted by atomic mass is 10.1. The molecule has 3 aromatic rings. The Morgan fingerprint density at radius 1 is 1.00 bits per heavy atom. The van der Waals surface area contributed by atoms with E-state index in [4.69, 9.17) is 16.6 Å². The smallest absolute Gasteiger partial charge is 0.263 e. The summed E-state index contributed by atoms with van der Waals surface area (Å²) in [7, 11) is 0. The molecular formula is C25H19ClN4O2S. The first kappa shape index (κ1) is 21.4. The zero-order valence-electron chi connectivity index (χ0n) is 17.4. The van der Waals surface area contributed by atoms with Crippen molar-refractivity contribution in [1.29, 1.82) is 0 Å². The second kappa shape index (κ2) is 9.21. The summed E-state index contributed by atoms with van der Waals surface area (Å²) >= 11 is 7.38. The fourth-order valence-corrected chi connectivity index (χ4v) is 4.75. The third-order valence-electron chi connectivity index (χ3n) is 5.35. The maximum absolute atomic E-state index is 13.4. The molecule has 5 rings (SSSR count). The van der Waals surface area contributed by atoms with Gasteiger partial charge in [-0.05, 0) is 29.3 Å². The Labute approximate surface area is 200 Å². The molecule has 0 saturated heterocycles. The number of thioether (sulfide) groups is 1. The van der Waals surface area contributed by atoms with Crippen LogP contribution in [0.4, 0.5) is 5.69 Å². The van der Waals surface area contributed by atoms with Gasteiger partial charge in [-0.25, -0.2) is 14.9 Å². The Balaban J connectivity index is 1.35. The lowest BCUT2D eigenvalue weighted by Gasteiger charge is -2.25. The number of amides is 2. The number of para-hydroxylation sites is 1. The van der Waals surface area contributed by atoms with Gasteiger partial charge in [-0.1, -0.05) is 84.0 Å². The highest BCUT2D eigenvalue weighted by Gasteiger charge is 2.42. The number of hydrogen-bond acceptors (Lipinski definition) is 5. The summed E-state index contributed by atoms with van der Waals surface area (Å²) < 4.78 is 0. The molecule has 6 nitrogen and oxygen atoms in total. The summed E-state index contributed by atoms with van der Waals surface area (Å²) in [4.78, 5) is 36.8. The van der Waals surface area contributed by atoms with Gasteiger partial charge in [0.15, 0.2) is 11.2 Å². The monoisotopic (exact) mass is 474 g/mol. The highest BCUT2D eigenvalue weighted by Crippen LogP contribution is 2.37. The highest BCUT2D eigenvalue weighted by atomic mass is 35.5. The molecule has 0 fully saturated rings. The van der Waals surface area contributed by atoms with Crippen LogP contribution in [0.1, 0.15) is 22.7 Å². The van der Waals surface area contributed by atoms with Crippen molar-refractivity contribution < 1.29 is 9.59 Å². The predicted octanol–water partition coefficient (Wildman–Crippen LogP) is 4.72. The van der Waals surface area contributed by atoms with Gasteiger partial charge in [0.2, 0.25) is 5.91 Å². The molecule has 0 aliphatic carbocycles. The fourth-order valence-electron chi connectivity index (χ4n) is 3.72. The van der Waals surface area contributed by atoms with Crippen LogP contribution in [0.15, 0.2) is 88.8 Å². The van der Waals surface area contributed by atoms with E-state index in [1.54, 1.807) is 6.07 Å². The number of amidine groups is 2. The molecule has 0 spiro atoms. The van der Waals surface area contributed by atoms with E-state index >= 15 is 0 Å². The van der Waals surface area contributed by atoms with Crippen molar-refractivity contribution in [3.8, 4) is 0 Å². The molecule has 2 heterocycles. The van der Waals surface area contributed by atoms with E-state index in [-0.39, 0.29) is 17.6 Å². The van der Waals surface area contributed by atoms with Gasteiger partial charge in [0.25, 0.3) is 5.91 Å². The van der Waals surface area contributed by atoms with Crippen molar-refractivity contribution >= 4 is 51.9 Å². The van der Waals surface area contributed by atoms with Crippen LogP contribution in [-0.4, -0.2) is 33.5 Å². The van der Waals surface area contributed by atoms with Crippen LogP contribution < -0.4 is 5.32 Å². The van der Waals surface area contributed by atoms with Gasteiger partial charge < -0.3 is 5.32 Å². The van der Waals surface area contributed by atoms with Gasteiger partial charge in [-0.15, -0.1) is 0 Å². The topological polar surface area (TPSA) is 74.1 Å². The van der Waals surface area contributed by atoms with Gasteiger partial charge in [0, 0.05) is 17.1 Å². The standard InChI is InChI=1S/C25H19ClN4O2S/c26-19-12-6-4-10-17(19)14-27-21(31)15-33-25-28-20-13-7-5-11-18(20)23-29-22(24(32)30(23)25)16-8-2-1-3-9-16/h1-13,22H,14-15H2,(H,27,31)/t22-/m0/s1. The van der Waals surface area contributed by atoms with Crippen LogP contribution in [0.2, 0.25) is 5.02 Å². The highest BCUT2D eigenvalue weighted by molar-refractivity contribution is 8.14. The summed E-state index contributed by atoms with van der Waals surface area (Å²) in [5.74, 6) is 0.330. The minimum atomic E-state index is -0.632. The van der Waals surface area contributed by atoms with E-state index in [1.165, 1.54) is 16.7 Å². The minimum Gasteiger partial charge on any atom is -0.351 e. The number of carbonyl (C=O) groups excluding carboxylic acids is 2. The Hall–Kier alpha value is -3.42. The maximum Gasteiger partial charge on any atom is 0.263 e. The normalized spacial score (nSPS) is 16.6. The van der Waals surface area contributed by atoms with Crippen molar-refractivity contribution in [3.63, 3.8) is 0 Å². The second-order valence-electron chi connectivity index (χ2n) is 7.51. The minimum absolute atomic E-state index is 0.110. The number of nitrogens with zero attached hydrogens (tertiary/aromatic N) is 3. The van der Waals surface area contributed by atoms with Gasteiger partial charge in [0.05, 0.1) is 11.4 Å². The molecule has 0 radical (unpaired) electrons. The molecule has 0 saturated carbocycles. The number of rotatable bonds is 5. The molecule has 8 heteroatoms. The quantitative estimate of drug-likeness (QED) is 0.581. The molecule has 33 heavy (non-hydrogen) atoms. The fraction of sp³-hybridized carbons (Fsp3) is 0.120. The molecule has 0 unspecified atom stereocenters. The Morgan fingerprint density at radius 2 is 1.73 bits per heavy atom.